The van der Waals surface area contributed by atoms with E-state index in [-0.39, 0.29) is 0 Å². The van der Waals surface area contributed by atoms with Crippen molar-refractivity contribution in [2.75, 3.05) is 7.05 Å². The average molecular weight is 223 g/mol. The molecule has 0 heterocycles. The summed E-state index contributed by atoms with van der Waals surface area (Å²) in [6.07, 6.45) is -8.54. The third kappa shape index (κ3) is 3.44. The molecule has 0 aliphatic carbocycles. The fourth-order valence-electron chi connectivity index (χ4n) is 0.823. The summed E-state index contributed by atoms with van der Waals surface area (Å²) in [4.78, 5) is 21.0. The van der Waals surface area contributed by atoms with Crippen molar-refractivity contribution in [3.8, 4) is 0 Å². The number of aliphatic hydroxyl groups excluding tert-OH is 4. The topological polar surface area (TPSA) is 147 Å². The molecule has 0 radical (unpaired) electrons. The molecule has 88 valence electrons. The molecular formula is C7H13NO7. The molecule has 4 atom stereocenters. The Kier molecular flexibility index (Phi) is 5.15. The molecule has 0 saturated heterocycles. The number of rotatable bonds is 5. The monoisotopic (exact) mass is 223 g/mol. The van der Waals surface area contributed by atoms with Crippen LogP contribution in [0.4, 0.5) is 0 Å². The van der Waals surface area contributed by atoms with E-state index in [1.54, 1.807) is 0 Å². The summed E-state index contributed by atoms with van der Waals surface area (Å²) in [7, 11) is 1.18. The van der Waals surface area contributed by atoms with Gasteiger partial charge in [-0.05, 0) is 0 Å². The van der Waals surface area contributed by atoms with Crippen molar-refractivity contribution >= 4 is 11.9 Å². The lowest BCUT2D eigenvalue weighted by Gasteiger charge is -2.23. The van der Waals surface area contributed by atoms with Crippen LogP contribution >= 0.6 is 0 Å². The van der Waals surface area contributed by atoms with Gasteiger partial charge in [0, 0.05) is 7.05 Å². The summed E-state index contributed by atoms with van der Waals surface area (Å²) in [5, 5.41) is 46.3. The highest BCUT2D eigenvalue weighted by Gasteiger charge is 2.36. The molecule has 0 aromatic rings. The van der Waals surface area contributed by atoms with Gasteiger partial charge in [-0.1, -0.05) is 0 Å². The van der Waals surface area contributed by atoms with Crippen LogP contribution in [0.1, 0.15) is 0 Å². The van der Waals surface area contributed by atoms with Crippen LogP contribution in [0.25, 0.3) is 0 Å². The zero-order valence-electron chi connectivity index (χ0n) is 7.86. The van der Waals surface area contributed by atoms with E-state index in [2.05, 4.69) is 0 Å². The highest BCUT2D eigenvalue weighted by atomic mass is 16.4. The highest BCUT2D eigenvalue weighted by molar-refractivity contribution is 5.81. The quantitative estimate of drug-likeness (QED) is 0.280. The zero-order chi connectivity index (χ0) is 12.2. The first-order chi connectivity index (χ1) is 6.82. The van der Waals surface area contributed by atoms with Crippen molar-refractivity contribution in [2.24, 2.45) is 0 Å². The van der Waals surface area contributed by atoms with E-state index in [0.717, 1.165) is 0 Å². The number of carbonyl (C=O) groups excluding carboxylic acids is 1. The van der Waals surface area contributed by atoms with Crippen LogP contribution in [0.5, 0.6) is 0 Å². The number of aliphatic carboxylic acids is 1. The van der Waals surface area contributed by atoms with Crippen molar-refractivity contribution in [3.63, 3.8) is 0 Å². The summed E-state index contributed by atoms with van der Waals surface area (Å²) < 4.78 is 0. The third-order valence-electron chi connectivity index (χ3n) is 1.76. The van der Waals surface area contributed by atoms with Gasteiger partial charge in [0.1, 0.15) is 12.2 Å². The maximum absolute atomic E-state index is 10.8. The first-order valence-corrected chi connectivity index (χ1v) is 3.99. The van der Waals surface area contributed by atoms with Crippen molar-refractivity contribution in [1.29, 1.82) is 0 Å². The van der Waals surface area contributed by atoms with Crippen molar-refractivity contribution < 1.29 is 35.1 Å². The Morgan fingerprint density at radius 2 is 1.40 bits per heavy atom. The number of carboxylic acids is 1. The first kappa shape index (κ1) is 13.8. The molecule has 0 fully saturated rings. The minimum absolute atomic E-state index is 1.00. The SMILES string of the molecule is CNC(=O)C(O)C(O)[C@@H](O)[C@@H](O)C(=O)O. The first-order valence-electron chi connectivity index (χ1n) is 3.99. The number of carboxylic acid groups (broad SMARTS) is 1. The Morgan fingerprint density at radius 3 is 1.73 bits per heavy atom. The molecule has 8 heteroatoms. The maximum atomic E-state index is 10.8. The molecule has 0 aliphatic heterocycles. The summed E-state index contributed by atoms with van der Waals surface area (Å²) in [5.41, 5.74) is 0. The number of carbonyl (C=O) groups is 2. The summed E-state index contributed by atoms with van der Waals surface area (Å²) in [5.74, 6) is -2.77. The standard InChI is InChI=1S/C7H13NO7/c1-8-6(13)4(11)2(9)3(10)5(12)7(14)15/h2-5,9-12H,1H3,(H,8,13)(H,14,15)/t2?,3-,4?,5-/m1/s1. The molecule has 2 unspecified atom stereocenters. The Balaban J connectivity index is 4.49. The smallest absolute Gasteiger partial charge is 0.335 e. The van der Waals surface area contributed by atoms with Gasteiger partial charge in [0.05, 0.1) is 0 Å². The van der Waals surface area contributed by atoms with E-state index in [1.807, 2.05) is 5.32 Å². The molecule has 1 amide bonds. The average Bonchev–Trinajstić information content (AvgIpc) is 2.23. The normalized spacial score (nSPS) is 18.7. The van der Waals surface area contributed by atoms with Crippen LogP contribution in [0.3, 0.4) is 0 Å². The summed E-state index contributed by atoms with van der Waals surface area (Å²) in [6, 6.07) is 0. The fraction of sp³-hybridized carbons (Fsp3) is 0.714. The van der Waals surface area contributed by atoms with Gasteiger partial charge in [-0.25, -0.2) is 4.79 Å². The third-order valence-corrected chi connectivity index (χ3v) is 1.76. The van der Waals surface area contributed by atoms with Gasteiger partial charge in [-0.15, -0.1) is 0 Å². The lowest BCUT2D eigenvalue weighted by molar-refractivity contribution is -0.166. The van der Waals surface area contributed by atoms with Crippen LogP contribution in [0, 0.1) is 0 Å². The molecule has 0 aromatic carbocycles. The summed E-state index contributed by atoms with van der Waals surface area (Å²) in [6.45, 7) is 0. The molecule has 0 aliphatic rings. The molecule has 0 spiro atoms. The van der Waals surface area contributed by atoms with Crippen molar-refractivity contribution in [1.82, 2.24) is 5.32 Å². The number of likely N-dealkylation sites (N-methyl/N-ethyl adjacent to an activating group) is 1. The van der Waals surface area contributed by atoms with E-state index in [9.17, 15) is 9.59 Å². The van der Waals surface area contributed by atoms with Gasteiger partial charge in [-0.3, -0.25) is 4.79 Å². The van der Waals surface area contributed by atoms with Crippen LogP contribution in [0.2, 0.25) is 0 Å². The number of aliphatic hydroxyl groups is 4. The lowest BCUT2D eigenvalue weighted by atomic mass is 10.0. The Hall–Kier alpha value is -1.22. The van der Waals surface area contributed by atoms with Gasteiger partial charge >= 0.3 is 5.97 Å². The lowest BCUT2D eigenvalue weighted by Crippen LogP contribution is -2.52. The molecule has 0 bridgehead atoms. The number of hydrogen-bond acceptors (Lipinski definition) is 6. The molecule has 0 saturated carbocycles. The van der Waals surface area contributed by atoms with Crippen LogP contribution in [-0.2, 0) is 9.59 Å². The second-order valence-corrected chi connectivity index (χ2v) is 2.82. The predicted molar refractivity (Wildman–Crippen MR) is 45.7 cm³/mol. The number of nitrogens with one attached hydrogen (secondary N) is 1. The highest BCUT2D eigenvalue weighted by Crippen LogP contribution is 2.05. The van der Waals surface area contributed by atoms with Gasteiger partial charge < -0.3 is 30.8 Å². The van der Waals surface area contributed by atoms with Crippen molar-refractivity contribution in [3.05, 3.63) is 0 Å². The molecule has 0 aromatic heterocycles. The minimum Gasteiger partial charge on any atom is -0.479 e. The van der Waals surface area contributed by atoms with E-state index >= 15 is 0 Å². The number of hydrogen-bond donors (Lipinski definition) is 6. The minimum atomic E-state index is -2.28. The summed E-state index contributed by atoms with van der Waals surface area (Å²) >= 11 is 0. The Bertz CT molecular complexity index is 243. The van der Waals surface area contributed by atoms with Crippen LogP contribution < -0.4 is 5.32 Å². The van der Waals surface area contributed by atoms with Gasteiger partial charge in [0.15, 0.2) is 12.2 Å². The van der Waals surface area contributed by atoms with E-state index < -0.39 is 36.3 Å². The number of amides is 1. The van der Waals surface area contributed by atoms with E-state index in [0.29, 0.717) is 0 Å². The second kappa shape index (κ2) is 5.61. The maximum Gasteiger partial charge on any atom is 0.335 e. The molecule has 6 N–H and O–H groups in total. The molecule has 0 rings (SSSR count). The zero-order valence-corrected chi connectivity index (χ0v) is 7.86. The van der Waals surface area contributed by atoms with E-state index in [4.69, 9.17) is 25.5 Å². The molecule has 15 heavy (non-hydrogen) atoms. The largest absolute Gasteiger partial charge is 0.479 e. The van der Waals surface area contributed by atoms with Crippen molar-refractivity contribution in [2.45, 2.75) is 24.4 Å². The second-order valence-electron chi connectivity index (χ2n) is 2.82. The van der Waals surface area contributed by atoms with Crippen LogP contribution in [0.15, 0.2) is 0 Å². The van der Waals surface area contributed by atoms with Crippen LogP contribution in [-0.4, -0.2) is 68.9 Å². The fourth-order valence-corrected chi connectivity index (χ4v) is 0.823. The Morgan fingerprint density at radius 1 is 1.00 bits per heavy atom. The molecular weight excluding hydrogens is 210 g/mol. The van der Waals surface area contributed by atoms with E-state index in [1.165, 1.54) is 7.05 Å². The Labute approximate surface area is 84.8 Å². The predicted octanol–water partition coefficient (Wildman–Crippen LogP) is -3.74. The van der Waals surface area contributed by atoms with Gasteiger partial charge in [0.25, 0.3) is 5.91 Å². The van der Waals surface area contributed by atoms with Gasteiger partial charge in [0.2, 0.25) is 0 Å². The molecule has 8 nitrogen and oxygen atoms in total. The van der Waals surface area contributed by atoms with Gasteiger partial charge in [-0.2, -0.15) is 0 Å².